The van der Waals surface area contributed by atoms with Crippen LogP contribution in [0.25, 0.3) is 11.3 Å². The lowest BCUT2D eigenvalue weighted by Crippen LogP contribution is -2.09. The van der Waals surface area contributed by atoms with Crippen LogP contribution in [0.1, 0.15) is 24.4 Å². The number of methoxy groups -OCH3 is 1. The van der Waals surface area contributed by atoms with Crippen LogP contribution in [0.3, 0.4) is 0 Å². The lowest BCUT2D eigenvalue weighted by molar-refractivity contribution is 0.387. The van der Waals surface area contributed by atoms with Crippen molar-refractivity contribution in [3.8, 4) is 22.8 Å². The SMILES string of the molecule is COc1cccc(-c2cc(NC(C)c3cccc(O)c3)nc(C)n2)c1F. The van der Waals surface area contributed by atoms with Crippen molar-refractivity contribution in [1.29, 1.82) is 0 Å². The van der Waals surface area contributed by atoms with E-state index in [2.05, 4.69) is 15.3 Å². The molecule has 6 heteroatoms. The largest absolute Gasteiger partial charge is 0.508 e. The van der Waals surface area contributed by atoms with Gasteiger partial charge in [-0.15, -0.1) is 0 Å². The highest BCUT2D eigenvalue weighted by molar-refractivity contribution is 5.65. The standard InChI is InChI=1S/C20H20FN3O2/c1-12(14-6-4-7-15(25)10-14)22-19-11-17(23-13(2)24-19)16-8-5-9-18(26-3)20(16)21/h4-12,25H,1-3H3,(H,22,23,24). The molecule has 2 N–H and O–H groups in total. The van der Waals surface area contributed by atoms with Gasteiger partial charge in [0.25, 0.3) is 0 Å². The third-order valence-electron chi connectivity index (χ3n) is 4.03. The molecule has 0 aliphatic carbocycles. The van der Waals surface area contributed by atoms with Crippen molar-refractivity contribution >= 4 is 5.82 Å². The molecule has 3 aromatic rings. The van der Waals surface area contributed by atoms with Crippen LogP contribution in [0.15, 0.2) is 48.5 Å². The van der Waals surface area contributed by atoms with Gasteiger partial charge in [-0.1, -0.05) is 18.2 Å². The molecule has 1 aromatic heterocycles. The molecule has 0 spiro atoms. The maximum atomic E-state index is 14.6. The van der Waals surface area contributed by atoms with Crippen molar-refractivity contribution < 1.29 is 14.2 Å². The summed E-state index contributed by atoms with van der Waals surface area (Å²) in [6, 6.07) is 13.5. The van der Waals surface area contributed by atoms with E-state index in [0.29, 0.717) is 22.9 Å². The summed E-state index contributed by atoms with van der Waals surface area (Å²) in [6.45, 7) is 3.71. The quantitative estimate of drug-likeness (QED) is 0.708. The smallest absolute Gasteiger partial charge is 0.174 e. The van der Waals surface area contributed by atoms with Crippen molar-refractivity contribution in [2.75, 3.05) is 12.4 Å². The second-order valence-electron chi connectivity index (χ2n) is 5.97. The Labute approximate surface area is 151 Å². The molecule has 0 saturated heterocycles. The molecule has 2 aromatic carbocycles. The molecule has 0 fully saturated rings. The first-order valence-electron chi connectivity index (χ1n) is 8.22. The van der Waals surface area contributed by atoms with Crippen LogP contribution in [0, 0.1) is 12.7 Å². The molecule has 0 radical (unpaired) electrons. The summed E-state index contributed by atoms with van der Waals surface area (Å²) in [4.78, 5) is 8.73. The van der Waals surface area contributed by atoms with Gasteiger partial charge < -0.3 is 15.2 Å². The molecule has 0 aliphatic rings. The summed E-state index contributed by atoms with van der Waals surface area (Å²) in [5.41, 5.74) is 1.73. The molecule has 26 heavy (non-hydrogen) atoms. The average Bonchev–Trinajstić information content (AvgIpc) is 2.61. The predicted octanol–water partition coefficient (Wildman–Crippen LogP) is 4.48. The summed E-state index contributed by atoms with van der Waals surface area (Å²) in [5.74, 6) is 1.01. The first kappa shape index (κ1) is 17.7. The molecule has 0 amide bonds. The fraction of sp³-hybridized carbons (Fsp3) is 0.200. The molecule has 0 aliphatic heterocycles. The predicted molar refractivity (Wildman–Crippen MR) is 98.9 cm³/mol. The van der Waals surface area contributed by atoms with E-state index in [1.807, 2.05) is 13.0 Å². The van der Waals surface area contributed by atoms with Gasteiger partial charge in [-0.25, -0.2) is 14.4 Å². The van der Waals surface area contributed by atoms with E-state index in [0.717, 1.165) is 5.56 Å². The first-order chi connectivity index (χ1) is 12.5. The molecule has 134 valence electrons. The molecular weight excluding hydrogens is 333 g/mol. The minimum Gasteiger partial charge on any atom is -0.508 e. The van der Waals surface area contributed by atoms with Crippen molar-refractivity contribution in [2.45, 2.75) is 19.9 Å². The van der Waals surface area contributed by atoms with Gasteiger partial charge in [0, 0.05) is 11.6 Å². The number of nitrogens with zero attached hydrogens (tertiary/aromatic N) is 2. The number of hydrogen-bond donors (Lipinski definition) is 2. The van der Waals surface area contributed by atoms with Crippen molar-refractivity contribution in [2.24, 2.45) is 0 Å². The Morgan fingerprint density at radius 3 is 2.62 bits per heavy atom. The van der Waals surface area contributed by atoms with Gasteiger partial charge in [-0.2, -0.15) is 0 Å². The Bertz CT molecular complexity index is 931. The summed E-state index contributed by atoms with van der Waals surface area (Å²) in [6.07, 6.45) is 0. The van der Waals surface area contributed by atoms with Crippen LogP contribution in [0.5, 0.6) is 11.5 Å². The number of aryl methyl sites for hydroxylation is 1. The second kappa shape index (κ2) is 7.39. The van der Waals surface area contributed by atoms with Gasteiger partial charge in [-0.05, 0) is 43.7 Å². The number of aromatic hydroxyl groups is 1. The number of ether oxygens (including phenoxy) is 1. The average molecular weight is 353 g/mol. The Kier molecular flexibility index (Phi) is 5.02. The molecule has 1 atom stereocenters. The van der Waals surface area contributed by atoms with Crippen molar-refractivity contribution in [1.82, 2.24) is 9.97 Å². The molecule has 0 bridgehead atoms. The maximum absolute atomic E-state index is 14.6. The van der Waals surface area contributed by atoms with Gasteiger partial charge in [0.15, 0.2) is 11.6 Å². The first-order valence-corrected chi connectivity index (χ1v) is 8.22. The molecular formula is C20H20FN3O2. The highest BCUT2D eigenvalue weighted by Gasteiger charge is 2.14. The van der Waals surface area contributed by atoms with E-state index >= 15 is 0 Å². The van der Waals surface area contributed by atoms with Crippen molar-refractivity contribution in [3.63, 3.8) is 0 Å². The van der Waals surface area contributed by atoms with Crippen LogP contribution in [-0.2, 0) is 0 Å². The van der Waals surface area contributed by atoms with Gasteiger partial charge in [-0.3, -0.25) is 0 Å². The molecule has 1 heterocycles. The monoisotopic (exact) mass is 353 g/mol. The number of aromatic nitrogens is 2. The molecule has 0 saturated carbocycles. The topological polar surface area (TPSA) is 67.3 Å². The lowest BCUT2D eigenvalue weighted by Gasteiger charge is -2.16. The van der Waals surface area contributed by atoms with Crippen molar-refractivity contribution in [3.05, 3.63) is 65.7 Å². The number of phenols is 1. The van der Waals surface area contributed by atoms with E-state index in [1.165, 1.54) is 7.11 Å². The number of hydrogen-bond acceptors (Lipinski definition) is 5. The van der Waals surface area contributed by atoms with Crippen LogP contribution >= 0.6 is 0 Å². The maximum Gasteiger partial charge on any atom is 0.174 e. The van der Waals surface area contributed by atoms with E-state index in [1.54, 1.807) is 49.4 Å². The van der Waals surface area contributed by atoms with Crippen LogP contribution < -0.4 is 10.1 Å². The summed E-state index contributed by atoms with van der Waals surface area (Å²) < 4.78 is 19.6. The number of phenolic OH excluding ortho intramolecular Hbond substituents is 1. The normalized spacial score (nSPS) is 11.8. The number of rotatable bonds is 5. The zero-order chi connectivity index (χ0) is 18.7. The zero-order valence-corrected chi connectivity index (χ0v) is 14.8. The van der Waals surface area contributed by atoms with E-state index in [9.17, 15) is 9.50 Å². The Morgan fingerprint density at radius 2 is 1.88 bits per heavy atom. The molecule has 3 rings (SSSR count). The zero-order valence-electron chi connectivity index (χ0n) is 14.8. The Morgan fingerprint density at radius 1 is 1.12 bits per heavy atom. The number of anilines is 1. The van der Waals surface area contributed by atoms with Crippen LogP contribution in [-0.4, -0.2) is 22.2 Å². The summed E-state index contributed by atoms with van der Waals surface area (Å²) >= 11 is 0. The highest BCUT2D eigenvalue weighted by atomic mass is 19.1. The minimum absolute atomic E-state index is 0.0978. The van der Waals surface area contributed by atoms with E-state index in [-0.39, 0.29) is 17.5 Å². The summed E-state index contributed by atoms with van der Waals surface area (Å²) in [7, 11) is 1.43. The number of nitrogens with one attached hydrogen (secondary N) is 1. The second-order valence-corrected chi connectivity index (χ2v) is 5.97. The Hall–Kier alpha value is -3.15. The third-order valence-corrected chi connectivity index (χ3v) is 4.03. The van der Waals surface area contributed by atoms with Gasteiger partial charge >= 0.3 is 0 Å². The van der Waals surface area contributed by atoms with Gasteiger partial charge in [0.2, 0.25) is 0 Å². The Balaban J connectivity index is 1.93. The van der Waals surface area contributed by atoms with Crippen LogP contribution in [0.2, 0.25) is 0 Å². The fourth-order valence-electron chi connectivity index (χ4n) is 2.75. The third kappa shape index (κ3) is 3.74. The van der Waals surface area contributed by atoms with Gasteiger partial charge in [0.05, 0.1) is 18.8 Å². The van der Waals surface area contributed by atoms with Crippen LogP contribution in [0.4, 0.5) is 10.2 Å². The fourth-order valence-corrected chi connectivity index (χ4v) is 2.75. The number of halogens is 1. The van der Waals surface area contributed by atoms with E-state index < -0.39 is 5.82 Å². The number of benzene rings is 2. The van der Waals surface area contributed by atoms with Gasteiger partial charge in [0.1, 0.15) is 17.4 Å². The highest BCUT2D eigenvalue weighted by Crippen LogP contribution is 2.29. The lowest BCUT2D eigenvalue weighted by atomic mass is 10.1. The summed E-state index contributed by atoms with van der Waals surface area (Å²) in [5, 5.41) is 12.9. The van der Waals surface area contributed by atoms with E-state index in [4.69, 9.17) is 4.74 Å². The molecule has 1 unspecified atom stereocenters. The minimum atomic E-state index is -0.458. The molecule has 5 nitrogen and oxygen atoms in total.